The third-order valence-electron chi connectivity index (χ3n) is 3.67. The highest BCUT2D eigenvalue weighted by atomic mass is 16.3. The standard InChI is InChI=1S/C12H17N5O/c1-8(18)9-3-2-4-17(6-9)12-10-5-15-16-11(10)13-7-14-12/h5,7-9,18H,2-4,6H2,1H3,(H,13,14,15,16). The lowest BCUT2D eigenvalue weighted by Crippen LogP contribution is -2.40. The minimum Gasteiger partial charge on any atom is -0.393 e. The minimum atomic E-state index is -0.269. The van der Waals surface area contributed by atoms with E-state index in [1.165, 1.54) is 0 Å². The minimum absolute atomic E-state index is 0.269. The summed E-state index contributed by atoms with van der Waals surface area (Å²) in [4.78, 5) is 10.7. The summed E-state index contributed by atoms with van der Waals surface area (Å²) >= 11 is 0. The molecule has 1 fully saturated rings. The van der Waals surface area contributed by atoms with Crippen molar-refractivity contribution in [3.63, 3.8) is 0 Å². The molecule has 1 aliphatic heterocycles. The molecule has 3 rings (SSSR count). The van der Waals surface area contributed by atoms with E-state index >= 15 is 0 Å². The van der Waals surface area contributed by atoms with Crippen molar-refractivity contribution in [1.82, 2.24) is 20.2 Å². The van der Waals surface area contributed by atoms with E-state index < -0.39 is 0 Å². The molecule has 6 nitrogen and oxygen atoms in total. The van der Waals surface area contributed by atoms with Crippen LogP contribution in [0.4, 0.5) is 5.82 Å². The summed E-state index contributed by atoms with van der Waals surface area (Å²) < 4.78 is 0. The van der Waals surface area contributed by atoms with Crippen LogP contribution >= 0.6 is 0 Å². The normalized spacial score (nSPS) is 22.3. The Bertz CT molecular complexity index is 538. The zero-order valence-corrected chi connectivity index (χ0v) is 10.4. The SMILES string of the molecule is CC(O)C1CCCN(c2ncnc3[nH]ncc23)C1. The molecule has 18 heavy (non-hydrogen) atoms. The molecule has 2 N–H and O–H groups in total. The maximum Gasteiger partial charge on any atom is 0.160 e. The molecule has 1 saturated heterocycles. The van der Waals surface area contributed by atoms with Gasteiger partial charge in [0.15, 0.2) is 5.65 Å². The first-order valence-electron chi connectivity index (χ1n) is 6.33. The number of hydrogen-bond acceptors (Lipinski definition) is 5. The summed E-state index contributed by atoms with van der Waals surface area (Å²) in [7, 11) is 0. The number of nitrogens with zero attached hydrogens (tertiary/aromatic N) is 4. The lowest BCUT2D eigenvalue weighted by molar-refractivity contribution is 0.115. The van der Waals surface area contributed by atoms with E-state index in [-0.39, 0.29) is 6.10 Å². The van der Waals surface area contributed by atoms with Crippen molar-refractivity contribution in [2.75, 3.05) is 18.0 Å². The van der Waals surface area contributed by atoms with Crippen LogP contribution in [0.2, 0.25) is 0 Å². The first-order chi connectivity index (χ1) is 8.75. The third-order valence-corrected chi connectivity index (χ3v) is 3.67. The molecule has 0 aliphatic carbocycles. The van der Waals surface area contributed by atoms with E-state index in [1.807, 2.05) is 6.92 Å². The van der Waals surface area contributed by atoms with Crippen LogP contribution in [0, 0.1) is 5.92 Å². The smallest absolute Gasteiger partial charge is 0.160 e. The van der Waals surface area contributed by atoms with E-state index in [9.17, 15) is 5.11 Å². The molecule has 0 bridgehead atoms. The van der Waals surface area contributed by atoms with Crippen LogP contribution in [0.15, 0.2) is 12.5 Å². The van der Waals surface area contributed by atoms with Crippen LogP contribution in [0.3, 0.4) is 0 Å². The number of fused-ring (bicyclic) bond motifs is 1. The molecule has 2 aromatic heterocycles. The predicted octanol–water partition coefficient (Wildman–Crippen LogP) is 0.950. The van der Waals surface area contributed by atoms with Gasteiger partial charge in [-0.25, -0.2) is 9.97 Å². The molecule has 6 heteroatoms. The Morgan fingerprint density at radius 3 is 3.22 bits per heavy atom. The quantitative estimate of drug-likeness (QED) is 0.826. The number of piperidine rings is 1. The van der Waals surface area contributed by atoms with E-state index in [0.717, 1.165) is 42.8 Å². The van der Waals surface area contributed by atoms with Gasteiger partial charge in [-0.2, -0.15) is 5.10 Å². The Kier molecular flexibility index (Phi) is 2.87. The van der Waals surface area contributed by atoms with Crippen molar-refractivity contribution in [3.8, 4) is 0 Å². The Hall–Kier alpha value is -1.69. The van der Waals surface area contributed by atoms with Crippen LogP contribution in [0.5, 0.6) is 0 Å². The molecule has 0 aromatic carbocycles. The maximum atomic E-state index is 9.74. The summed E-state index contributed by atoms with van der Waals surface area (Å²) in [6.45, 7) is 3.68. The molecular formula is C12H17N5O. The van der Waals surface area contributed by atoms with E-state index in [2.05, 4.69) is 25.1 Å². The summed E-state index contributed by atoms with van der Waals surface area (Å²) in [6, 6.07) is 0. The second-order valence-corrected chi connectivity index (χ2v) is 4.92. The van der Waals surface area contributed by atoms with Gasteiger partial charge in [-0.15, -0.1) is 0 Å². The molecule has 1 aliphatic rings. The fourth-order valence-corrected chi connectivity index (χ4v) is 2.60. The molecule has 0 saturated carbocycles. The Labute approximate surface area is 105 Å². The number of aliphatic hydroxyl groups is 1. The van der Waals surface area contributed by atoms with Crippen LogP contribution < -0.4 is 4.90 Å². The van der Waals surface area contributed by atoms with Crippen molar-refractivity contribution in [1.29, 1.82) is 0 Å². The summed E-state index contributed by atoms with van der Waals surface area (Å²) in [5.41, 5.74) is 0.763. The number of anilines is 1. The van der Waals surface area contributed by atoms with Gasteiger partial charge >= 0.3 is 0 Å². The van der Waals surface area contributed by atoms with Gasteiger partial charge in [0, 0.05) is 19.0 Å². The van der Waals surface area contributed by atoms with Gasteiger partial charge in [-0.1, -0.05) is 0 Å². The van der Waals surface area contributed by atoms with E-state index in [4.69, 9.17) is 0 Å². The fraction of sp³-hybridized carbons (Fsp3) is 0.583. The fourth-order valence-electron chi connectivity index (χ4n) is 2.60. The van der Waals surface area contributed by atoms with Crippen molar-refractivity contribution in [2.24, 2.45) is 5.92 Å². The third kappa shape index (κ3) is 1.92. The van der Waals surface area contributed by atoms with Gasteiger partial charge in [-0.05, 0) is 19.8 Å². The van der Waals surface area contributed by atoms with Crippen LogP contribution in [0.1, 0.15) is 19.8 Å². The topological polar surface area (TPSA) is 77.9 Å². The van der Waals surface area contributed by atoms with Crippen LogP contribution in [-0.2, 0) is 0 Å². The molecule has 0 amide bonds. The lowest BCUT2D eigenvalue weighted by atomic mass is 9.93. The Morgan fingerprint density at radius 2 is 2.39 bits per heavy atom. The van der Waals surface area contributed by atoms with E-state index in [1.54, 1.807) is 12.5 Å². The number of aromatic amines is 1. The van der Waals surface area contributed by atoms with E-state index in [0.29, 0.717) is 5.92 Å². The number of hydrogen-bond donors (Lipinski definition) is 2. The first-order valence-corrected chi connectivity index (χ1v) is 6.33. The molecule has 0 radical (unpaired) electrons. The largest absolute Gasteiger partial charge is 0.393 e. The first kappa shape index (κ1) is 11.4. The molecule has 2 unspecified atom stereocenters. The number of aromatic nitrogens is 4. The van der Waals surface area contributed by atoms with Gasteiger partial charge in [-0.3, -0.25) is 5.10 Å². The monoisotopic (exact) mass is 247 g/mol. The van der Waals surface area contributed by atoms with Crippen molar-refractivity contribution < 1.29 is 5.11 Å². The highest BCUT2D eigenvalue weighted by molar-refractivity contribution is 5.86. The van der Waals surface area contributed by atoms with Gasteiger partial charge in [0.1, 0.15) is 12.1 Å². The predicted molar refractivity (Wildman–Crippen MR) is 68.3 cm³/mol. The second kappa shape index (κ2) is 4.53. The molecule has 2 aromatic rings. The number of nitrogens with one attached hydrogen (secondary N) is 1. The maximum absolute atomic E-state index is 9.74. The highest BCUT2D eigenvalue weighted by Gasteiger charge is 2.25. The summed E-state index contributed by atoms with van der Waals surface area (Å²) in [6.07, 6.45) is 5.21. The molecule has 96 valence electrons. The van der Waals surface area contributed by atoms with Crippen molar-refractivity contribution >= 4 is 16.9 Å². The molecule has 2 atom stereocenters. The van der Waals surface area contributed by atoms with Gasteiger partial charge < -0.3 is 10.0 Å². The van der Waals surface area contributed by atoms with Crippen molar-refractivity contribution in [2.45, 2.75) is 25.9 Å². The Balaban J connectivity index is 1.92. The second-order valence-electron chi connectivity index (χ2n) is 4.92. The average Bonchev–Trinajstić information content (AvgIpc) is 2.87. The van der Waals surface area contributed by atoms with Crippen molar-refractivity contribution in [3.05, 3.63) is 12.5 Å². The van der Waals surface area contributed by atoms with Crippen LogP contribution in [0.25, 0.3) is 11.0 Å². The summed E-state index contributed by atoms with van der Waals surface area (Å²) in [5, 5.41) is 17.5. The molecule has 3 heterocycles. The number of H-pyrrole nitrogens is 1. The number of aliphatic hydroxyl groups excluding tert-OH is 1. The zero-order valence-electron chi connectivity index (χ0n) is 10.4. The zero-order chi connectivity index (χ0) is 12.5. The highest BCUT2D eigenvalue weighted by Crippen LogP contribution is 2.27. The van der Waals surface area contributed by atoms with Gasteiger partial charge in [0.2, 0.25) is 0 Å². The summed E-state index contributed by atoms with van der Waals surface area (Å²) in [5.74, 6) is 1.23. The van der Waals surface area contributed by atoms with Gasteiger partial charge in [0.25, 0.3) is 0 Å². The molecule has 0 spiro atoms. The van der Waals surface area contributed by atoms with Gasteiger partial charge in [0.05, 0.1) is 17.7 Å². The van der Waals surface area contributed by atoms with Crippen LogP contribution in [-0.4, -0.2) is 44.5 Å². The molecular weight excluding hydrogens is 230 g/mol. The number of rotatable bonds is 2. The average molecular weight is 247 g/mol. The lowest BCUT2D eigenvalue weighted by Gasteiger charge is -2.35. The Morgan fingerprint density at radius 1 is 1.50 bits per heavy atom.